The van der Waals surface area contributed by atoms with Gasteiger partial charge in [0.25, 0.3) is 0 Å². The van der Waals surface area contributed by atoms with Gasteiger partial charge in [0.15, 0.2) is 5.82 Å². The van der Waals surface area contributed by atoms with Crippen molar-refractivity contribution in [1.29, 1.82) is 0 Å². The Hall–Kier alpha value is -2.37. The SMILES string of the molecule is CCOC(=O)c1ccc(-n2cc(N)cn2)nc1. The second kappa shape index (κ2) is 4.65. The molecule has 0 fully saturated rings. The molecule has 0 atom stereocenters. The van der Waals surface area contributed by atoms with E-state index in [0.29, 0.717) is 23.7 Å². The second-order valence-electron chi connectivity index (χ2n) is 3.34. The summed E-state index contributed by atoms with van der Waals surface area (Å²) in [5.74, 6) is 0.210. The van der Waals surface area contributed by atoms with Crippen molar-refractivity contribution in [3.63, 3.8) is 0 Å². The molecule has 2 heterocycles. The summed E-state index contributed by atoms with van der Waals surface area (Å²) in [7, 11) is 0. The summed E-state index contributed by atoms with van der Waals surface area (Å²) in [6, 6.07) is 3.32. The van der Waals surface area contributed by atoms with E-state index in [-0.39, 0.29) is 5.97 Å². The molecular weight excluding hydrogens is 220 g/mol. The predicted octanol–water partition coefficient (Wildman–Crippen LogP) is 1.03. The number of nitrogens with zero attached hydrogens (tertiary/aromatic N) is 3. The molecule has 0 amide bonds. The van der Waals surface area contributed by atoms with E-state index < -0.39 is 0 Å². The molecule has 0 aliphatic rings. The molecule has 0 aliphatic heterocycles. The Morgan fingerprint density at radius 1 is 1.47 bits per heavy atom. The van der Waals surface area contributed by atoms with Gasteiger partial charge >= 0.3 is 5.97 Å². The van der Waals surface area contributed by atoms with Crippen LogP contribution in [0.15, 0.2) is 30.7 Å². The minimum absolute atomic E-state index is 0.344. The van der Waals surface area contributed by atoms with Crippen LogP contribution in [-0.2, 0) is 4.74 Å². The number of carbonyl (C=O) groups is 1. The number of esters is 1. The first-order valence-corrected chi connectivity index (χ1v) is 5.14. The van der Waals surface area contributed by atoms with Crippen molar-refractivity contribution in [3.8, 4) is 5.82 Å². The van der Waals surface area contributed by atoms with Gasteiger partial charge in [-0.1, -0.05) is 0 Å². The standard InChI is InChI=1S/C11H12N4O2/c1-2-17-11(16)8-3-4-10(13-5-8)15-7-9(12)6-14-15/h3-7H,2,12H2,1H3. The summed E-state index contributed by atoms with van der Waals surface area (Å²) in [4.78, 5) is 15.5. The van der Waals surface area contributed by atoms with Gasteiger partial charge in [0.1, 0.15) is 0 Å². The molecular formula is C11H12N4O2. The first-order chi connectivity index (χ1) is 8.20. The first kappa shape index (κ1) is 11.1. The Kier molecular flexibility index (Phi) is 3.04. The van der Waals surface area contributed by atoms with Gasteiger partial charge in [-0.3, -0.25) is 0 Å². The van der Waals surface area contributed by atoms with Crippen LogP contribution in [0, 0.1) is 0 Å². The molecule has 0 aromatic carbocycles. The van der Waals surface area contributed by atoms with Crippen LogP contribution in [0.3, 0.4) is 0 Å². The molecule has 2 rings (SSSR count). The van der Waals surface area contributed by atoms with Crippen molar-refractivity contribution in [1.82, 2.24) is 14.8 Å². The summed E-state index contributed by atoms with van der Waals surface area (Å²) in [6.45, 7) is 2.10. The average molecular weight is 232 g/mol. The van der Waals surface area contributed by atoms with Gasteiger partial charge in [0.05, 0.1) is 30.3 Å². The molecule has 88 valence electrons. The minimum atomic E-state index is -0.383. The Labute approximate surface area is 98.0 Å². The molecule has 0 unspecified atom stereocenters. The molecule has 0 bridgehead atoms. The van der Waals surface area contributed by atoms with E-state index in [2.05, 4.69) is 10.1 Å². The molecule has 0 aliphatic carbocycles. The molecule has 17 heavy (non-hydrogen) atoms. The van der Waals surface area contributed by atoms with Gasteiger partial charge in [0, 0.05) is 6.20 Å². The van der Waals surface area contributed by atoms with Gasteiger partial charge in [-0.05, 0) is 19.1 Å². The monoisotopic (exact) mass is 232 g/mol. The second-order valence-corrected chi connectivity index (χ2v) is 3.34. The highest BCUT2D eigenvalue weighted by Gasteiger charge is 2.07. The van der Waals surface area contributed by atoms with Gasteiger partial charge in [0.2, 0.25) is 0 Å². The summed E-state index contributed by atoms with van der Waals surface area (Å²) in [5, 5.41) is 4.01. The third-order valence-corrected chi connectivity index (χ3v) is 2.10. The number of carbonyl (C=O) groups excluding carboxylic acids is 1. The number of ether oxygens (including phenoxy) is 1. The summed E-state index contributed by atoms with van der Waals surface area (Å²) in [6.07, 6.45) is 4.62. The fraction of sp³-hybridized carbons (Fsp3) is 0.182. The fourth-order valence-corrected chi connectivity index (χ4v) is 1.32. The highest BCUT2D eigenvalue weighted by molar-refractivity contribution is 5.89. The van der Waals surface area contributed by atoms with E-state index in [4.69, 9.17) is 10.5 Å². The van der Waals surface area contributed by atoms with Crippen molar-refractivity contribution in [3.05, 3.63) is 36.3 Å². The normalized spacial score (nSPS) is 10.2. The highest BCUT2D eigenvalue weighted by Crippen LogP contribution is 2.08. The van der Waals surface area contributed by atoms with Gasteiger partial charge in [-0.2, -0.15) is 5.10 Å². The van der Waals surface area contributed by atoms with E-state index in [9.17, 15) is 4.79 Å². The molecule has 2 aromatic rings. The Morgan fingerprint density at radius 3 is 2.82 bits per heavy atom. The van der Waals surface area contributed by atoms with E-state index in [1.807, 2.05) is 0 Å². The largest absolute Gasteiger partial charge is 0.462 e. The number of nitrogens with two attached hydrogens (primary N) is 1. The zero-order chi connectivity index (χ0) is 12.3. The summed E-state index contributed by atoms with van der Waals surface area (Å²) < 4.78 is 6.39. The molecule has 2 aromatic heterocycles. The number of nitrogen functional groups attached to an aromatic ring is 1. The topological polar surface area (TPSA) is 83.0 Å². The van der Waals surface area contributed by atoms with Crippen molar-refractivity contribution >= 4 is 11.7 Å². The van der Waals surface area contributed by atoms with E-state index in [1.165, 1.54) is 17.1 Å². The zero-order valence-corrected chi connectivity index (χ0v) is 9.33. The fourth-order valence-electron chi connectivity index (χ4n) is 1.32. The number of hydrogen-bond donors (Lipinski definition) is 1. The van der Waals surface area contributed by atoms with E-state index in [1.54, 1.807) is 25.3 Å². The van der Waals surface area contributed by atoms with Crippen LogP contribution >= 0.6 is 0 Å². The molecule has 6 nitrogen and oxygen atoms in total. The maximum atomic E-state index is 11.4. The minimum Gasteiger partial charge on any atom is -0.462 e. The van der Waals surface area contributed by atoms with Gasteiger partial charge < -0.3 is 10.5 Å². The van der Waals surface area contributed by atoms with Crippen LogP contribution in [0.25, 0.3) is 5.82 Å². The quantitative estimate of drug-likeness (QED) is 0.799. The van der Waals surface area contributed by atoms with Gasteiger partial charge in [-0.15, -0.1) is 0 Å². The van der Waals surface area contributed by atoms with Crippen molar-refractivity contribution in [2.75, 3.05) is 12.3 Å². The molecule has 0 spiro atoms. The van der Waals surface area contributed by atoms with Crippen LogP contribution in [0.5, 0.6) is 0 Å². The maximum absolute atomic E-state index is 11.4. The van der Waals surface area contributed by atoms with E-state index in [0.717, 1.165) is 0 Å². The molecule has 0 radical (unpaired) electrons. The molecule has 0 saturated carbocycles. The predicted molar refractivity (Wildman–Crippen MR) is 61.7 cm³/mol. The van der Waals surface area contributed by atoms with Gasteiger partial charge in [-0.25, -0.2) is 14.5 Å². The lowest BCUT2D eigenvalue weighted by atomic mass is 10.3. The highest BCUT2D eigenvalue weighted by atomic mass is 16.5. The molecule has 0 saturated heterocycles. The lowest BCUT2D eigenvalue weighted by Gasteiger charge is -2.03. The van der Waals surface area contributed by atoms with Crippen LogP contribution in [0.1, 0.15) is 17.3 Å². The lowest BCUT2D eigenvalue weighted by molar-refractivity contribution is 0.0526. The maximum Gasteiger partial charge on any atom is 0.339 e. The summed E-state index contributed by atoms with van der Waals surface area (Å²) in [5.41, 5.74) is 6.52. The average Bonchev–Trinajstić information content (AvgIpc) is 2.76. The Balaban J connectivity index is 2.21. The zero-order valence-electron chi connectivity index (χ0n) is 9.33. The van der Waals surface area contributed by atoms with E-state index >= 15 is 0 Å². The van der Waals surface area contributed by atoms with Crippen LogP contribution in [0.2, 0.25) is 0 Å². The van der Waals surface area contributed by atoms with Crippen LogP contribution < -0.4 is 5.73 Å². The number of aromatic nitrogens is 3. The number of rotatable bonds is 3. The molecule has 6 heteroatoms. The number of anilines is 1. The van der Waals surface area contributed by atoms with Crippen molar-refractivity contribution in [2.45, 2.75) is 6.92 Å². The van der Waals surface area contributed by atoms with Crippen LogP contribution in [0.4, 0.5) is 5.69 Å². The Morgan fingerprint density at radius 2 is 2.29 bits per heavy atom. The smallest absolute Gasteiger partial charge is 0.339 e. The number of hydrogen-bond acceptors (Lipinski definition) is 5. The first-order valence-electron chi connectivity index (χ1n) is 5.14. The van der Waals surface area contributed by atoms with Crippen LogP contribution in [-0.4, -0.2) is 27.3 Å². The summed E-state index contributed by atoms with van der Waals surface area (Å²) >= 11 is 0. The van der Waals surface area contributed by atoms with Crippen molar-refractivity contribution in [2.24, 2.45) is 0 Å². The van der Waals surface area contributed by atoms with Crippen molar-refractivity contribution < 1.29 is 9.53 Å². The number of pyridine rings is 1. The Bertz CT molecular complexity index is 519. The lowest BCUT2D eigenvalue weighted by Crippen LogP contribution is -2.06. The third-order valence-electron chi connectivity index (χ3n) is 2.10. The molecule has 2 N–H and O–H groups in total. The third kappa shape index (κ3) is 2.41.